The van der Waals surface area contributed by atoms with E-state index in [9.17, 15) is 5.11 Å². The fourth-order valence-electron chi connectivity index (χ4n) is 2.37. The van der Waals surface area contributed by atoms with Gasteiger partial charge in [0.25, 0.3) is 0 Å². The van der Waals surface area contributed by atoms with E-state index in [1.54, 1.807) is 23.1 Å². The van der Waals surface area contributed by atoms with Crippen molar-refractivity contribution in [3.63, 3.8) is 0 Å². The van der Waals surface area contributed by atoms with Crippen LogP contribution in [0.1, 0.15) is 5.56 Å². The summed E-state index contributed by atoms with van der Waals surface area (Å²) in [7, 11) is 0. The van der Waals surface area contributed by atoms with E-state index in [4.69, 9.17) is 0 Å². The fraction of sp³-hybridized carbons (Fsp3) is 0. The molecule has 4 aromatic rings. The fourth-order valence-corrected chi connectivity index (χ4v) is 2.37. The van der Waals surface area contributed by atoms with E-state index in [0.717, 1.165) is 28.0 Å². The summed E-state index contributed by atoms with van der Waals surface area (Å²) in [5.74, 6) is 0.242. The SMILES string of the molecule is Oc1ccc(C=Nc2ccc3nn(-c4ccccc4)nc3c2)cc1. The maximum atomic E-state index is 9.29. The Morgan fingerprint density at radius 2 is 1.58 bits per heavy atom. The number of aliphatic imine (C=N–C) groups is 1. The smallest absolute Gasteiger partial charge is 0.115 e. The van der Waals surface area contributed by atoms with Gasteiger partial charge in [0.05, 0.1) is 11.4 Å². The molecular formula is C19H14N4O. The molecule has 116 valence electrons. The number of benzene rings is 3. The van der Waals surface area contributed by atoms with Crippen LogP contribution in [0.3, 0.4) is 0 Å². The van der Waals surface area contributed by atoms with Gasteiger partial charge >= 0.3 is 0 Å². The third-order valence-corrected chi connectivity index (χ3v) is 3.61. The largest absolute Gasteiger partial charge is 0.508 e. The van der Waals surface area contributed by atoms with Gasteiger partial charge in [0.2, 0.25) is 0 Å². The molecule has 0 aliphatic heterocycles. The van der Waals surface area contributed by atoms with E-state index >= 15 is 0 Å². The number of phenolic OH excluding ortho intramolecular Hbond substituents is 1. The number of hydrogen-bond donors (Lipinski definition) is 1. The van der Waals surface area contributed by atoms with E-state index in [-0.39, 0.29) is 5.75 Å². The molecule has 1 aromatic heterocycles. The second kappa shape index (κ2) is 5.96. The Balaban J connectivity index is 1.64. The van der Waals surface area contributed by atoms with Crippen molar-refractivity contribution in [2.45, 2.75) is 0 Å². The van der Waals surface area contributed by atoms with Crippen LogP contribution in [0.15, 0.2) is 77.8 Å². The molecule has 3 aromatic carbocycles. The topological polar surface area (TPSA) is 63.3 Å². The predicted molar refractivity (Wildman–Crippen MR) is 94.2 cm³/mol. The standard InChI is InChI=1S/C19H14N4O/c24-17-9-6-14(7-10-17)13-20-15-8-11-18-19(12-15)22-23(21-18)16-4-2-1-3-5-16/h1-13,24H. The number of nitrogens with zero attached hydrogens (tertiary/aromatic N) is 4. The van der Waals surface area contributed by atoms with Crippen molar-refractivity contribution in [1.29, 1.82) is 0 Å². The highest BCUT2D eigenvalue weighted by molar-refractivity contribution is 5.84. The summed E-state index contributed by atoms with van der Waals surface area (Å²) in [6.45, 7) is 0. The highest BCUT2D eigenvalue weighted by Gasteiger charge is 2.04. The third kappa shape index (κ3) is 2.87. The lowest BCUT2D eigenvalue weighted by Gasteiger charge is -1.96. The van der Waals surface area contributed by atoms with Crippen molar-refractivity contribution in [2.75, 3.05) is 0 Å². The maximum absolute atomic E-state index is 9.29. The van der Waals surface area contributed by atoms with E-state index in [0.29, 0.717) is 0 Å². The van der Waals surface area contributed by atoms with Gasteiger partial charge in [-0.1, -0.05) is 18.2 Å². The average Bonchev–Trinajstić information content (AvgIpc) is 3.05. The van der Waals surface area contributed by atoms with Gasteiger partial charge in [0, 0.05) is 6.21 Å². The molecule has 1 heterocycles. The predicted octanol–water partition coefficient (Wildman–Crippen LogP) is 3.88. The Morgan fingerprint density at radius 3 is 2.38 bits per heavy atom. The first-order valence-electron chi connectivity index (χ1n) is 7.53. The van der Waals surface area contributed by atoms with Crippen LogP contribution < -0.4 is 0 Å². The highest BCUT2D eigenvalue weighted by Crippen LogP contribution is 2.20. The minimum atomic E-state index is 0.242. The monoisotopic (exact) mass is 314 g/mol. The van der Waals surface area contributed by atoms with Crippen LogP contribution in [0.25, 0.3) is 16.7 Å². The van der Waals surface area contributed by atoms with Gasteiger partial charge in [-0.05, 0) is 60.2 Å². The minimum Gasteiger partial charge on any atom is -0.508 e. The second-order valence-electron chi connectivity index (χ2n) is 5.35. The first-order chi connectivity index (χ1) is 11.8. The molecule has 0 unspecified atom stereocenters. The van der Waals surface area contributed by atoms with Crippen molar-refractivity contribution >= 4 is 22.9 Å². The molecule has 0 radical (unpaired) electrons. The Hall–Kier alpha value is -3.47. The van der Waals surface area contributed by atoms with Gasteiger partial charge in [-0.2, -0.15) is 4.80 Å². The van der Waals surface area contributed by atoms with Gasteiger partial charge in [0.15, 0.2) is 0 Å². The summed E-state index contributed by atoms with van der Waals surface area (Å²) in [6.07, 6.45) is 1.75. The average molecular weight is 314 g/mol. The van der Waals surface area contributed by atoms with Gasteiger partial charge in [0.1, 0.15) is 16.8 Å². The molecule has 24 heavy (non-hydrogen) atoms. The minimum absolute atomic E-state index is 0.242. The number of fused-ring (bicyclic) bond motifs is 1. The Labute approximate surface area is 138 Å². The molecule has 0 aliphatic carbocycles. The number of aromatic hydroxyl groups is 1. The van der Waals surface area contributed by atoms with Crippen LogP contribution in [-0.4, -0.2) is 26.3 Å². The molecule has 0 spiro atoms. The number of rotatable bonds is 3. The quantitative estimate of drug-likeness (QED) is 0.584. The van der Waals surface area contributed by atoms with Crippen LogP contribution >= 0.6 is 0 Å². The molecule has 0 amide bonds. The molecule has 0 bridgehead atoms. The normalized spacial score (nSPS) is 11.3. The Bertz CT molecular complexity index is 1000. The maximum Gasteiger partial charge on any atom is 0.115 e. The van der Waals surface area contributed by atoms with E-state index in [2.05, 4.69) is 15.2 Å². The third-order valence-electron chi connectivity index (χ3n) is 3.61. The summed E-state index contributed by atoms with van der Waals surface area (Å²) >= 11 is 0. The molecule has 4 rings (SSSR count). The van der Waals surface area contributed by atoms with Crippen molar-refractivity contribution in [2.24, 2.45) is 4.99 Å². The lowest BCUT2D eigenvalue weighted by Crippen LogP contribution is -1.97. The molecule has 5 heteroatoms. The molecule has 5 nitrogen and oxygen atoms in total. The van der Waals surface area contributed by atoms with Crippen LogP contribution in [0.2, 0.25) is 0 Å². The first-order valence-corrected chi connectivity index (χ1v) is 7.53. The van der Waals surface area contributed by atoms with Crippen LogP contribution in [0.5, 0.6) is 5.75 Å². The number of hydrogen-bond acceptors (Lipinski definition) is 4. The van der Waals surface area contributed by atoms with Crippen LogP contribution in [-0.2, 0) is 0 Å². The number of aromatic nitrogens is 3. The summed E-state index contributed by atoms with van der Waals surface area (Å²) in [5, 5.41) is 18.3. The summed E-state index contributed by atoms with van der Waals surface area (Å²) < 4.78 is 0. The molecule has 0 saturated heterocycles. The lowest BCUT2D eigenvalue weighted by atomic mass is 10.2. The second-order valence-corrected chi connectivity index (χ2v) is 5.35. The molecule has 0 aliphatic rings. The van der Waals surface area contributed by atoms with Crippen molar-refractivity contribution in [3.05, 3.63) is 78.4 Å². The van der Waals surface area contributed by atoms with Crippen molar-refractivity contribution in [3.8, 4) is 11.4 Å². The van der Waals surface area contributed by atoms with E-state index in [1.807, 2.05) is 60.7 Å². The highest BCUT2D eigenvalue weighted by atomic mass is 16.3. The number of phenols is 1. The van der Waals surface area contributed by atoms with Gasteiger partial charge in [-0.25, -0.2) is 0 Å². The Morgan fingerprint density at radius 1 is 0.833 bits per heavy atom. The van der Waals surface area contributed by atoms with Crippen LogP contribution in [0.4, 0.5) is 5.69 Å². The summed E-state index contributed by atoms with van der Waals surface area (Å²) in [6, 6.07) is 22.4. The zero-order valence-electron chi connectivity index (χ0n) is 12.7. The van der Waals surface area contributed by atoms with Crippen LogP contribution in [0, 0.1) is 0 Å². The van der Waals surface area contributed by atoms with Crippen molar-refractivity contribution in [1.82, 2.24) is 15.0 Å². The van der Waals surface area contributed by atoms with E-state index in [1.165, 1.54) is 0 Å². The zero-order valence-corrected chi connectivity index (χ0v) is 12.7. The molecule has 0 atom stereocenters. The van der Waals surface area contributed by atoms with Gasteiger partial charge in [-0.3, -0.25) is 4.99 Å². The molecular weight excluding hydrogens is 300 g/mol. The van der Waals surface area contributed by atoms with Gasteiger partial charge in [-0.15, -0.1) is 10.2 Å². The summed E-state index contributed by atoms with van der Waals surface area (Å²) in [5.41, 5.74) is 4.25. The zero-order chi connectivity index (χ0) is 16.4. The molecule has 0 fully saturated rings. The first kappa shape index (κ1) is 14.1. The molecule has 1 N–H and O–H groups in total. The molecule has 0 saturated carbocycles. The van der Waals surface area contributed by atoms with Crippen molar-refractivity contribution < 1.29 is 5.11 Å². The van der Waals surface area contributed by atoms with E-state index < -0.39 is 0 Å². The summed E-state index contributed by atoms with van der Waals surface area (Å²) in [4.78, 5) is 6.08. The van der Waals surface area contributed by atoms with Gasteiger partial charge < -0.3 is 5.11 Å². The Kier molecular flexibility index (Phi) is 3.51. The lowest BCUT2D eigenvalue weighted by molar-refractivity contribution is 0.475. The number of para-hydroxylation sites is 1.